The Hall–Kier alpha value is -1.56. The third-order valence-corrected chi connectivity index (χ3v) is 6.98. The summed E-state index contributed by atoms with van der Waals surface area (Å²) in [5.74, 6) is 0.941. The van der Waals surface area contributed by atoms with Gasteiger partial charge in [-0.25, -0.2) is 8.42 Å². The Morgan fingerprint density at radius 2 is 1.92 bits per heavy atom. The van der Waals surface area contributed by atoms with E-state index in [1.54, 1.807) is 36.5 Å². The van der Waals surface area contributed by atoms with Crippen LogP contribution in [0.25, 0.3) is 0 Å². The van der Waals surface area contributed by atoms with Gasteiger partial charge in [-0.1, -0.05) is 35.9 Å². The Labute approximate surface area is 148 Å². The van der Waals surface area contributed by atoms with Crippen molar-refractivity contribution in [3.05, 3.63) is 58.6 Å². The number of para-hydroxylation sites is 1. The topological polar surface area (TPSA) is 46.6 Å². The first-order valence-electron chi connectivity index (χ1n) is 7.83. The molecule has 1 atom stereocenters. The number of hydrogen-bond donors (Lipinski definition) is 0. The molecule has 1 fully saturated rings. The number of methoxy groups -OCH3 is 1. The molecule has 2 aromatic carbocycles. The van der Waals surface area contributed by atoms with E-state index < -0.39 is 10.0 Å². The Balaban J connectivity index is 1.89. The van der Waals surface area contributed by atoms with E-state index >= 15 is 0 Å². The van der Waals surface area contributed by atoms with Crippen LogP contribution in [0.4, 0.5) is 0 Å². The summed E-state index contributed by atoms with van der Waals surface area (Å²) in [4.78, 5) is 0.288. The van der Waals surface area contributed by atoms with Crippen LogP contribution >= 0.6 is 11.6 Å². The minimum Gasteiger partial charge on any atom is -0.496 e. The summed E-state index contributed by atoms with van der Waals surface area (Å²) in [5.41, 5.74) is 1.65. The molecule has 0 aromatic heterocycles. The third-order valence-electron chi connectivity index (χ3n) is 4.57. The monoisotopic (exact) mass is 365 g/mol. The lowest BCUT2D eigenvalue weighted by molar-refractivity contribution is 0.405. The first-order valence-corrected chi connectivity index (χ1v) is 9.65. The second-order valence-corrected chi connectivity index (χ2v) is 8.27. The fraction of sp³-hybridized carbons (Fsp3) is 0.333. The van der Waals surface area contributed by atoms with E-state index in [0.717, 1.165) is 17.7 Å². The van der Waals surface area contributed by atoms with E-state index in [-0.39, 0.29) is 10.8 Å². The van der Waals surface area contributed by atoms with Gasteiger partial charge in [0.25, 0.3) is 0 Å². The molecule has 0 spiro atoms. The Bertz CT molecular complexity index is 851. The quantitative estimate of drug-likeness (QED) is 0.827. The average Bonchev–Trinajstić information content (AvgIpc) is 3.08. The van der Waals surface area contributed by atoms with Crippen molar-refractivity contribution >= 4 is 21.6 Å². The number of ether oxygens (including phenoxy) is 1. The molecule has 3 rings (SSSR count). The van der Waals surface area contributed by atoms with Gasteiger partial charge in [0.2, 0.25) is 10.0 Å². The highest BCUT2D eigenvalue weighted by atomic mass is 35.5. The molecule has 1 unspecified atom stereocenters. The summed E-state index contributed by atoms with van der Waals surface area (Å²) in [5, 5.41) is 0.469. The largest absolute Gasteiger partial charge is 0.496 e. The summed E-state index contributed by atoms with van der Waals surface area (Å²) in [6, 6.07) is 12.8. The van der Waals surface area contributed by atoms with Gasteiger partial charge < -0.3 is 4.74 Å². The van der Waals surface area contributed by atoms with E-state index in [9.17, 15) is 8.42 Å². The Morgan fingerprint density at radius 1 is 1.17 bits per heavy atom. The van der Waals surface area contributed by atoms with Crippen LogP contribution in [0.5, 0.6) is 5.75 Å². The van der Waals surface area contributed by atoms with Gasteiger partial charge in [0.1, 0.15) is 5.75 Å². The molecule has 0 bridgehead atoms. The molecule has 1 aliphatic heterocycles. The van der Waals surface area contributed by atoms with Crippen LogP contribution in [0.2, 0.25) is 5.02 Å². The highest BCUT2D eigenvalue weighted by Crippen LogP contribution is 2.36. The van der Waals surface area contributed by atoms with Crippen molar-refractivity contribution in [1.82, 2.24) is 4.31 Å². The van der Waals surface area contributed by atoms with Crippen LogP contribution in [0, 0.1) is 6.92 Å². The Morgan fingerprint density at radius 3 is 2.67 bits per heavy atom. The summed E-state index contributed by atoms with van der Waals surface area (Å²) >= 11 is 6.09. The highest BCUT2D eigenvalue weighted by Gasteiger charge is 2.35. The lowest BCUT2D eigenvalue weighted by Gasteiger charge is -2.19. The molecular formula is C18H20ClNO3S. The number of benzene rings is 2. The number of hydrogen-bond acceptors (Lipinski definition) is 3. The lowest BCUT2D eigenvalue weighted by Crippen LogP contribution is -2.29. The molecule has 24 heavy (non-hydrogen) atoms. The number of halogens is 1. The third kappa shape index (κ3) is 3.04. The van der Waals surface area contributed by atoms with Crippen molar-refractivity contribution < 1.29 is 13.2 Å². The summed E-state index contributed by atoms with van der Waals surface area (Å²) in [6.07, 6.45) is 0.777. The maximum atomic E-state index is 13.0. The van der Waals surface area contributed by atoms with Crippen molar-refractivity contribution in [2.24, 2.45) is 0 Å². The van der Waals surface area contributed by atoms with Crippen LogP contribution in [0.3, 0.4) is 0 Å². The van der Waals surface area contributed by atoms with Crippen molar-refractivity contribution in [1.29, 1.82) is 0 Å². The summed E-state index contributed by atoms with van der Waals surface area (Å²) < 4.78 is 32.9. The molecule has 0 N–H and O–H groups in total. The highest BCUT2D eigenvalue weighted by molar-refractivity contribution is 7.89. The predicted molar refractivity (Wildman–Crippen MR) is 95.3 cm³/mol. The van der Waals surface area contributed by atoms with E-state index in [1.165, 1.54) is 0 Å². The molecule has 0 aliphatic carbocycles. The van der Waals surface area contributed by atoms with Gasteiger partial charge in [-0.2, -0.15) is 4.31 Å². The minimum absolute atomic E-state index is 0.135. The smallest absolute Gasteiger partial charge is 0.243 e. The molecule has 128 valence electrons. The van der Waals surface area contributed by atoms with Crippen LogP contribution in [-0.2, 0) is 10.0 Å². The van der Waals surface area contributed by atoms with Gasteiger partial charge in [0.15, 0.2) is 0 Å². The summed E-state index contributed by atoms with van der Waals surface area (Å²) in [7, 11) is -1.91. The van der Waals surface area contributed by atoms with Gasteiger partial charge in [0.05, 0.1) is 12.0 Å². The molecule has 1 aliphatic rings. The normalized spacial score (nSPS) is 18.7. The molecule has 0 amide bonds. The van der Waals surface area contributed by atoms with Gasteiger partial charge in [-0.3, -0.25) is 0 Å². The van der Waals surface area contributed by atoms with Gasteiger partial charge in [-0.05, 0) is 42.7 Å². The van der Waals surface area contributed by atoms with Crippen LogP contribution in [0.15, 0.2) is 47.4 Å². The second-order valence-electron chi connectivity index (χ2n) is 5.95. The first-order chi connectivity index (χ1) is 11.4. The maximum absolute atomic E-state index is 13.0. The molecule has 4 nitrogen and oxygen atoms in total. The van der Waals surface area contributed by atoms with Gasteiger partial charge >= 0.3 is 0 Å². The zero-order valence-corrected chi connectivity index (χ0v) is 15.3. The number of rotatable bonds is 4. The SMILES string of the molecule is COc1ccccc1C1CCN(S(=O)(=O)c2cccc(Cl)c2C)C1. The van der Waals surface area contributed by atoms with Crippen molar-refractivity contribution in [3.63, 3.8) is 0 Å². The minimum atomic E-state index is -3.54. The first kappa shape index (κ1) is 17.3. The molecule has 0 saturated carbocycles. The van der Waals surface area contributed by atoms with Crippen LogP contribution in [0.1, 0.15) is 23.5 Å². The molecule has 2 aromatic rings. The number of sulfonamides is 1. The maximum Gasteiger partial charge on any atom is 0.243 e. The predicted octanol–water partition coefficient (Wildman–Crippen LogP) is 3.84. The van der Waals surface area contributed by atoms with E-state index in [2.05, 4.69) is 0 Å². The molecular weight excluding hydrogens is 346 g/mol. The molecule has 6 heteroatoms. The average molecular weight is 366 g/mol. The molecule has 1 saturated heterocycles. The van der Waals surface area contributed by atoms with Crippen molar-refractivity contribution in [2.75, 3.05) is 20.2 Å². The van der Waals surface area contributed by atoms with E-state index in [1.807, 2.05) is 24.3 Å². The second kappa shape index (κ2) is 6.75. The summed E-state index contributed by atoms with van der Waals surface area (Å²) in [6.45, 7) is 2.69. The lowest BCUT2D eigenvalue weighted by atomic mass is 9.97. The standard InChI is InChI=1S/C18H20ClNO3S/c1-13-16(19)7-5-9-18(13)24(21,22)20-11-10-14(12-20)15-6-3-4-8-17(15)23-2/h3-9,14H,10-12H2,1-2H3. The fourth-order valence-corrected chi connectivity index (χ4v) is 5.19. The Kier molecular flexibility index (Phi) is 4.85. The fourth-order valence-electron chi connectivity index (χ4n) is 3.21. The van der Waals surface area contributed by atoms with Crippen molar-refractivity contribution in [3.8, 4) is 5.75 Å². The van der Waals surface area contributed by atoms with Crippen molar-refractivity contribution in [2.45, 2.75) is 24.2 Å². The zero-order chi connectivity index (χ0) is 17.3. The molecule has 0 radical (unpaired) electrons. The van der Waals surface area contributed by atoms with E-state index in [4.69, 9.17) is 16.3 Å². The van der Waals surface area contributed by atoms with Crippen LogP contribution < -0.4 is 4.74 Å². The molecule has 1 heterocycles. The number of nitrogens with zero attached hydrogens (tertiary/aromatic N) is 1. The van der Waals surface area contributed by atoms with Gasteiger partial charge in [0, 0.05) is 24.0 Å². The zero-order valence-electron chi connectivity index (χ0n) is 13.7. The van der Waals surface area contributed by atoms with E-state index in [0.29, 0.717) is 23.7 Å². The van der Waals surface area contributed by atoms with Gasteiger partial charge in [-0.15, -0.1) is 0 Å². The van der Waals surface area contributed by atoms with Crippen LogP contribution in [-0.4, -0.2) is 32.9 Å².